The van der Waals surface area contributed by atoms with Crippen molar-refractivity contribution in [2.24, 2.45) is 0 Å². The number of carbonyl (C=O) groups is 1. The van der Waals surface area contributed by atoms with Crippen LogP contribution in [0.4, 0.5) is 0 Å². The lowest BCUT2D eigenvalue weighted by Gasteiger charge is -2.45. The normalized spacial score (nSPS) is 35.1. The highest BCUT2D eigenvalue weighted by atomic mass is 16.6. The average molecular weight is 276 g/mol. The minimum absolute atomic E-state index is 0.143. The van der Waals surface area contributed by atoms with Gasteiger partial charge in [-0.15, -0.1) is 0 Å². The molecule has 0 aliphatic carbocycles. The second kappa shape index (κ2) is 7.76. The van der Waals surface area contributed by atoms with Crippen molar-refractivity contribution < 1.29 is 23.7 Å². The maximum absolute atomic E-state index is 11.3. The highest BCUT2D eigenvalue weighted by Crippen LogP contribution is 2.24. The van der Waals surface area contributed by atoms with Crippen LogP contribution in [0.3, 0.4) is 0 Å². The lowest BCUT2D eigenvalue weighted by Crippen LogP contribution is -2.67. The van der Waals surface area contributed by atoms with Gasteiger partial charge < -0.3 is 24.3 Å². The minimum atomic E-state index is -0.361. The molecule has 1 aliphatic heterocycles. The van der Waals surface area contributed by atoms with E-state index in [0.717, 1.165) is 0 Å². The molecule has 1 aliphatic rings. The fourth-order valence-corrected chi connectivity index (χ4v) is 2.44. The number of methoxy groups -OCH3 is 3. The zero-order chi connectivity index (χ0) is 14.4. The number of ether oxygens (including phenoxy) is 4. The molecule has 0 aromatic heterocycles. The molecule has 112 valence electrons. The van der Waals surface area contributed by atoms with Gasteiger partial charge in [-0.2, -0.15) is 0 Å². The molecule has 1 fully saturated rings. The Bertz CT molecular complexity index is 289. The predicted molar refractivity (Wildman–Crippen MR) is 68.8 cm³/mol. The largest absolute Gasteiger partial charge is 0.382 e. The van der Waals surface area contributed by atoms with Crippen LogP contribution in [-0.2, 0) is 23.7 Å². The Morgan fingerprint density at radius 1 is 1.21 bits per heavy atom. The number of hydrogen-bond acceptors (Lipinski definition) is 6. The molecule has 7 heteroatoms. The van der Waals surface area contributed by atoms with E-state index in [1.807, 2.05) is 0 Å². The van der Waals surface area contributed by atoms with E-state index in [-0.39, 0.29) is 36.5 Å². The summed E-state index contributed by atoms with van der Waals surface area (Å²) in [6.45, 7) is 1.85. The molecule has 5 atom stereocenters. The van der Waals surface area contributed by atoms with Crippen LogP contribution in [0.5, 0.6) is 0 Å². The smallest absolute Gasteiger partial charge is 0.217 e. The molecule has 5 unspecified atom stereocenters. The van der Waals surface area contributed by atoms with Gasteiger partial charge in [0.15, 0.2) is 0 Å². The Labute approximate surface area is 113 Å². The van der Waals surface area contributed by atoms with Crippen molar-refractivity contribution in [3.63, 3.8) is 0 Å². The van der Waals surface area contributed by atoms with Gasteiger partial charge in [0.25, 0.3) is 0 Å². The Morgan fingerprint density at radius 2 is 1.84 bits per heavy atom. The highest BCUT2D eigenvalue weighted by Gasteiger charge is 2.46. The van der Waals surface area contributed by atoms with E-state index in [0.29, 0.717) is 6.61 Å². The van der Waals surface area contributed by atoms with E-state index in [1.54, 1.807) is 28.4 Å². The van der Waals surface area contributed by atoms with E-state index in [2.05, 4.69) is 10.6 Å². The molecular formula is C12H24N2O5. The zero-order valence-corrected chi connectivity index (χ0v) is 12.1. The second-order valence-corrected chi connectivity index (χ2v) is 4.47. The second-order valence-electron chi connectivity index (χ2n) is 4.47. The SMILES string of the molecule is CNC1OC(COC)C(OC)C(OC)C1NC(C)=O. The molecule has 0 aromatic rings. The molecular weight excluding hydrogens is 252 g/mol. The van der Waals surface area contributed by atoms with Crippen molar-refractivity contribution in [1.29, 1.82) is 0 Å². The van der Waals surface area contributed by atoms with Gasteiger partial charge in [0.05, 0.1) is 12.6 Å². The molecule has 1 amide bonds. The van der Waals surface area contributed by atoms with Gasteiger partial charge in [-0.1, -0.05) is 0 Å². The Hall–Kier alpha value is -0.730. The topological polar surface area (TPSA) is 78.1 Å². The number of rotatable bonds is 6. The minimum Gasteiger partial charge on any atom is -0.382 e. The summed E-state index contributed by atoms with van der Waals surface area (Å²) in [6, 6.07) is -0.328. The molecule has 0 saturated carbocycles. The highest BCUT2D eigenvalue weighted by molar-refractivity contribution is 5.73. The summed E-state index contributed by atoms with van der Waals surface area (Å²) in [5, 5.41) is 5.87. The Balaban J connectivity index is 2.92. The van der Waals surface area contributed by atoms with Crippen molar-refractivity contribution >= 4 is 5.91 Å². The van der Waals surface area contributed by atoms with Crippen LogP contribution < -0.4 is 10.6 Å². The lowest BCUT2D eigenvalue weighted by molar-refractivity contribution is -0.217. The van der Waals surface area contributed by atoms with Crippen LogP contribution in [0.1, 0.15) is 6.92 Å². The lowest BCUT2D eigenvalue weighted by atomic mass is 9.95. The van der Waals surface area contributed by atoms with E-state index < -0.39 is 0 Å². The molecule has 0 aromatic carbocycles. The third-order valence-corrected chi connectivity index (χ3v) is 3.22. The maximum Gasteiger partial charge on any atom is 0.217 e. The van der Waals surface area contributed by atoms with Crippen LogP contribution in [0.2, 0.25) is 0 Å². The van der Waals surface area contributed by atoms with Gasteiger partial charge >= 0.3 is 0 Å². The summed E-state index contributed by atoms with van der Waals surface area (Å²) in [4.78, 5) is 11.3. The van der Waals surface area contributed by atoms with E-state index in [4.69, 9.17) is 18.9 Å². The Morgan fingerprint density at radius 3 is 2.26 bits per heavy atom. The van der Waals surface area contributed by atoms with Crippen LogP contribution >= 0.6 is 0 Å². The average Bonchev–Trinajstić information content (AvgIpc) is 2.38. The summed E-state index contributed by atoms with van der Waals surface area (Å²) in [6.07, 6.45) is -1.26. The standard InChI is InChI=1S/C12H24N2O5/c1-7(15)14-9-11(18-5)10(17-4)8(6-16-3)19-12(9)13-2/h8-13H,6H2,1-5H3,(H,14,15). The molecule has 1 heterocycles. The van der Waals surface area contributed by atoms with Gasteiger partial charge in [0.1, 0.15) is 24.5 Å². The van der Waals surface area contributed by atoms with E-state index >= 15 is 0 Å². The molecule has 0 radical (unpaired) electrons. The van der Waals surface area contributed by atoms with Gasteiger partial charge in [0.2, 0.25) is 5.91 Å². The van der Waals surface area contributed by atoms with Gasteiger partial charge in [-0.25, -0.2) is 0 Å². The Kier molecular flexibility index (Phi) is 6.67. The summed E-state index contributed by atoms with van der Waals surface area (Å²) >= 11 is 0. The number of carbonyl (C=O) groups excluding carboxylic acids is 1. The third-order valence-electron chi connectivity index (χ3n) is 3.22. The van der Waals surface area contributed by atoms with Crippen LogP contribution in [-0.4, -0.2) is 71.5 Å². The first-order valence-corrected chi connectivity index (χ1v) is 6.23. The van der Waals surface area contributed by atoms with Crippen LogP contribution in [0, 0.1) is 0 Å². The van der Waals surface area contributed by atoms with Crippen molar-refractivity contribution in [3.8, 4) is 0 Å². The zero-order valence-electron chi connectivity index (χ0n) is 12.1. The first-order valence-electron chi connectivity index (χ1n) is 6.23. The third kappa shape index (κ3) is 3.87. The first-order chi connectivity index (χ1) is 9.08. The summed E-state index contributed by atoms with van der Waals surface area (Å²) in [7, 11) is 6.55. The van der Waals surface area contributed by atoms with Crippen molar-refractivity contribution in [1.82, 2.24) is 10.6 Å². The van der Waals surface area contributed by atoms with Crippen LogP contribution in [0.25, 0.3) is 0 Å². The van der Waals surface area contributed by atoms with E-state index in [9.17, 15) is 4.79 Å². The summed E-state index contributed by atoms with van der Waals surface area (Å²) in [5.74, 6) is -0.143. The molecule has 1 rings (SSSR count). The quantitative estimate of drug-likeness (QED) is 0.655. The molecule has 0 spiro atoms. The fraction of sp³-hybridized carbons (Fsp3) is 0.917. The number of nitrogens with one attached hydrogen (secondary N) is 2. The summed E-state index contributed by atoms with van der Waals surface area (Å²) < 4.78 is 22.0. The van der Waals surface area contributed by atoms with Gasteiger partial charge in [-0.3, -0.25) is 10.1 Å². The first kappa shape index (κ1) is 16.3. The number of likely N-dealkylation sites (N-methyl/N-ethyl adjacent to an activating group) is 1. The molecule has 7 nitrogen and oxygen atoms in total. The van der Waals surface area contributed by atoms with Crippen LogP contribution in [0.15, 0.2) is 0 Å². The molecule has 1 saturated heterocycles. The maximum atomic E-state index is 11.3. The van der Waals surface area contributed by atoms with Crippen molar-refractivity contribution in [2.45, 2.75) is 37.5 Å². The monoisotopic (exact) mass is 276 g/mol. The number of hydrogen-bond donors (Lipinski definition) is 2. The van der Waals surface area contributed by atoms with Gasteiger partial charge in [-0.05, 0) is 7.05 Å². The van der Waals surface area contributed by atoms with E-state index in [1.165, 1.54) is 6.92 Å². The van der Waals surface area contributed by atoms with Crippen molar-refractivity contribution in [2.75, 3.05) is 35.0 Å². The molecule has 19 heavy (non-hydrogen) atoms. The molecule has 2 N–H and O–H groups in total. The van der Waals surface area contributed by atoms with Gasteiger partial charge in [0, 0.05) is 28.3 Å². The predicted octanol–water partition coefficient (Wildman–Crippen LogP) is -0.888. The molecule has 0 bridgehead atoms. The van der Waals surface area contributed by atoms with Crippen molar-refractivity contribution in [3.05, 3.63) is 0 Å². The summed E-state index contributed by atoms with van der Waals surface area (Å²) in [5.41, 5.74) is 0. The number of amides is 1. The fourth-order valence-electron chi connectivity index (χ4n) is 2.44.